The molecule has 2 aromatic rings. The first-order valence-corrected chi connectivity index (χ1v) is 13.2. The molecule has 0 unspecified atom stereocenters. The van der Waals surface area contributed by atoms with E-state index in [4.69, 9.17) is 14.6 Å². The van der Waals surface area contributed by atoms with Crippen LogP contribution in [0.1, 0.15) is 36.9 Å². The number of hydrogen-bond acceptors (Lipinski definition) is 9. The van der Waals surface area contributed by atoms with Crippen molar-refractivity contribution in [2.45, 2.75) is 20.8 Å². The molecule has 35 heavy (non-hydrogen) atoms. The second kappa shape index (κ2) is 9.62. The van der Waals surface area contributed by atoms with E-state index in [-0.39, 0.29) is 45.0 Å². The SMILES string of the molecule is CCOC(=O)c1cccc(-c2ccc(/C=C3\C(=N)N4N=C(S(=O)(=O)CC(C)C)SC4=NC3=O)o2)c1. The minimum Gasteiger partial charge on any atom is -0.462 e. The molecule has 0 atom stereocenters. The third-order valence-corrected chi connectivity index (χ3v) is 8.26. The van der Waals surface area contributed by atoms with Gasteiger partial charge in [0.05, 0.1) is 23.5 Å². The summed E-state index contributed by atoms with van der Waals surface area (Å²) in [6, 6.07) is 10.0. The standard InChI is InChI=1S/C23H22N4O6S2/c1-4-32-21(29)15-7-5-6-14(10-15)18-9-8-16(33-18)11-17-19(24)27-22(25-20(17)28)34-23(26-27)35(30,31)12-13(2)3/h5-11,13,24H,4,12H2,1-3H3/b17-11+,24-19?. The number of aliphatic imine (C=N–C) groups is 1. The predicted molar refractivity (Wildman–Crippen MR) is 134 cm³/mol. The first-order chi connectivity index (χ1) is 16.6. The first kappa shape index (κ1) is 24.6. The van der Waals surface area contributed by atoms with E-state index in [2.05, 4.69) is 10.1 Å². The van der Waals surface area contributed by atoms with Crippen LogP contribution in [-0.4, -0.2) is 53.0 Å². The quantitative estimate of drug-likeness (QED) is 0.453. The van der Waals surface area contributed by atoms with Gasteiger partial charge in [-0.3, -0.25) is 10.2 Å². The van der Waals surface area contributed by atoms with Gasteiger partial charge in [-0.05, 0) is 54.9 Å². The molecule has 12 heteroatoms. The van der Waals surface area contributed by atoms with Gasteiger partial charge in [-0.2, -0.15) is 10.0 Å². The van der Waals surface area contributed by atoms with Crippen molar-refractivity contribution in [2.24, 2.45) is 16.0 Å². The molecule has 4 rings (SSSR count). The Bertz CT molecular complexity index is 1420. The van der Waals surface area contributed by atoms with Crippen molar-refractivity contribution in [3.05, 3.63) is 53.3 Å². The Hall–Kier alpha value is -3.51. The second-order valence-corrected chi connectivity index (χ2v) is 11.2. The topological polar surface area (TPSA) is 142 Å². The molecule has 1 N–H and O–H groups in total. The van der Waals surface area contributed by atoms with E-state index in [0.717, 1.165) is 16.8 Å². The maximum atomic E-state index is 12.6. The van der Waals surface area contributed by atoms with Gasteiger partial charge in [0.25, 0.3) is 5.91 Å². The van der Waals surface area contributed by atoms with Crippen molar-refractivity contribution in [3.63, 3.8) is 0 Å². The summed E-state index contributed by atoms with van der Waals surface area (Å²) >= 11 is 0.756. The summed E-state index contributed by atoms with van der Waals surface area (Å²) in [7, 11) is -3.66. The summed E-state index contributed by atoms with van der Waals surface area (Å²) in [5.41, 5.74) is 0.909. The van der Waals surface area contributed by atoms with Crippen molar-refractivity contribution >= 4 is 54.9 Å². The molecular weight excluding hydrogens is 492 g/mol. The molecule has 3 heterocycles. The number of carbonyl (C=O) groups excluding carboxylic acids is 2. The summed E-state index contributed by atoms with van der Waals surface area (Å²) in [6.07, 6.45) is 1.35. The number of rotatable bonds is 6. The molecular formula is C23H22N4O6S2. The predicted octanol–water partition coefficient (Wildman–Crippen LogP) is 3.77. The average Bonchev–Trinajstić information content (AvgIpc) is 3.44. The number of nitrogens with zero attached hydrogens (tertiary/aromatic N) is 3. The highest BCUT2D eigenvalue weighted by atomic mass is 32.3. The van der Waals surface area contributed by atoms with E-state index in [9.17, 15) is 18.0 Å². The number of amides is 1. The lowest BCUT2D eigenvalue weighted by molar-refractivity contribution is -0.114. The minimum absolute atomic E-state index is 0.0235. The van der Waals surface area contributed by atoms with Crippen LogP contribution in [0.3, 0.4) is 0 Å². The van der Waals surface area contributed by atoms with Crippen LogP contribution >= 0.6 is 11.8 Å². The highest BCUT2D eigenvalue weighted by Crippen LogP contribution is 2.32. The molecule has 182 valence electrons. The number of amidine groups is 2. The van der Waals surface area contributed by atoms with Crippen LogP contribution < -0.4 is 0 Å². The van der Waals surface area contributed by atoms with E-state index >= 15 is 0 Å². The fourth-order valence-corrected chi connectivity index (χ4v) is 6.14. The molecule has 1 amide bonds. The van der Waals surface area contributed by atoms with Gasteiger partial charge in [0, 0.05) is 5.56 Å². The maximum absolute atomic E-state index is 12.6. The number of sulfone groups is 1. The number of fused-ring (bicyclic) bond motifs is 1. The molecule has 0 saturated carbocycles. The molecule has 0 aliphatic carbocycles. The summed E-state index contributed by atoms with van der Waals surface area (Å²) in [5, 5.41) is 13.5. The monoisotopic (exact) mass is 514 g/mol. The number of thioether (sulfide) groups is 1. The van der Waals surface area contributed by atoms with E-state index in [1.165, 1.54) is 6.08 Å². The highest BCUT2D eigenvalue weighted by molar-refractivity contribution is 8.42. The lowest BCUT2D eigenvalue weighted by Gasteiger charge is -2.19. The van der Waals surface area contributed by atoms with Crippen molar-refractivity contribution in [2.75, 3.05) is 12.4 Å². The Morgan fingerprint density at radius 3 is 2.77 bits per heavy atom. The van der Waals surface area contributed by atoms with Crippen LogP contribution in [0.5, 0.6) is 0 Å². The Labute approximate surface area is 206 Å². The molecule has 0 bridgehead atoms. The van der Waals surface area contributed by atoms with E-state index < -0.39 is 21.7 Å². The first-order valence-electron chi connectivity index (χ1n) is 10.7. The fourth-order valence-electron chi connectivity index (χ4n) is 3.35. The Kier molecular flexibility index (Phi) is 6.77. The molecule has 2 aliphatic heterocycles. The number of esters is 1. The molecule has 0 saturated heterocycles. The van der Waals surface area contributed by atoms with E-state index in [1.807, 2.05) is 0 Å². The zero-order valence-electron chi connectivity index (χ0n) is 19.1. The Morgan fingerprint density at radius 1 is 1.29 bits per heavy atom. The van der Waals surface area contributed by atoms with Gasteiger partial charge in [0.1, 0.15) is 11.5 Å². The molecule has 0 spiro atoms. The average molecular weight is 515 g/mol. The van der Waals surface area contributed by atoms with Crippen LogP contribution in [-0.2, 0) is 19.4 Å². The van der Waals surface area contributed by atoms with Crippen LogP contribution in [0.4, 0.5) is 0 Å². The third-order valence-electron chi connectivity index (χ3n) is 4.83. The minimum atomic E-state index is -3.66. The smallest absolute Gasteiger partial charge is 0.338 e. The van der Waals surface area contributed by atoms with Crippen molar-refractivity contribution < 1.29 is 27.2 Å². The molecule has 1 aromatic heterocycles. The molecule has 2 aliphatic rings. The highest BCUT2D eigenvalue weighted by Gasteiger charge is 2.40. The lowest BCUT2D eigenvalue weighted by atomic mass is 10.1. The number of hydrazone groups is 1. The van der Waals surface area contributed by atoms with Gasteiger partial charge in [-0.1, -0.05) is 26.0 Å². The summed E-state index contributed by atoms with van der Waals surface area (Å²) in [6.45, 7) is 5.54. The van der Waals surface area contributed by atoms with Gasteiger partial charge in [0.2, 0.25) is 19.4 Å². The number of nitrogens with one attached hydrogen (secondary N) is 1. The summed E-state index contributed by atoms with van der Waals surface area (Å²) in [4.78, 5) is 28.5. The normalized spacial score (nSPS) is 17.0. The second-order valence-electron chi connectivity index (χ2n) is 8.06. The number of furan rings is 1. The van der Waals surface area contributed by atoms with Crippen molar-refractivity contribution in [1.82, 2.24) is 5.01 Å². The van der Waals surface area contributed by atoms with Gasteiger partial charge >= 0.3 is 5.97 Å². The van der Waals surface area contributed by atoms with Crippen LogP contribution in [0.15, 0.2) is 56.5 Å². The number of ether oxygens (including phenoxy) is 1. The Balaban J connectivity index is 1.60. The van der Waals surface area contributed by atoms with E-state index in [0.29, 0.717) is 16.9 Å². The summed E-state index contributed by atoms with van der Waals surface area (Å²) in [5.74, 6) is -0.937. The lowest BCUT2D eigenvalue weighted by Crippen LogP contribution is -2.35. The fraction of sp³-hybridized carbons (Fsp3) is 0.261. The van der Waals surface area contributed by atoms with Gasteiger partial charge in [0.15, 0.2) is 5.84 Å². The van der Waals surface area contributed by atoms with Crippen molar-refractivity contribution in [3.8, 4) is 11.3 Å². The van der Waals surface area contributed by atoms with Crippen molar-refractivity contribution in [1.29, 1.82) is 5.41 Å². The third kappa shape index (κ3) is 5.13. The van der Waals surface area contributed by atoms with Crippen LogP contribution in [0.25, 0.3) is 17.4 Å². The van der Waals surface area contributed by atoms with Gasteiger partial charge in [-0.25, -0.2) is 13.2 Å². The summed E-state index contributed by atoms with van der Waals surface area (Å²) < 4.78 is 35.7. The molecule has 0 radical (unpaired) electrons. The van der Waals surface area contributed by atoms with Gasteiger partial charge in [-0.15, -0.1) is 5.10 Å². The molecule has 0 fully saturated rings. The van der Waals surface area contributed by atoms with E-state index in [1.54, 1.807) is 57.2 Å². The van der Waals surface area contributed by atoms with Gasteiger partial charge < -0.3 is 9.15 Å². The van der Waals surface area contributed by atoms with Crippen LogP contribution in [0, 0.1) is 11.3 Å². The largest absolute Gasteiger partial charge is 0.462 e. The molecule has 1 aromatic carbocycles. The Morgan fingerprint density at radius 2 is 2.06 bits per heavy atom. The number of hydrogen-bond donors (Lipinski definition) is 1. The maximum Gasteiger partial charge on any atom is 0.338 e. The number of benzene rings is 1. The zero-order chi connectivity index (χ0) is 25.3. The molecule has 10 nitrogen and oxygen atoms in total. The number of carbonyl (C=O) groups is 2. The van der Waals surface area contributed by atoms with Crippen LogP contribution in [0.2, 0.25) is 0 Å². The zero-order valence-corrected chi connectivity index (χ0v) is 20.8.